The van der Waals surface area contributed by atoms with Gasteiger partial charge in [0.05, 0.1) is 7.14 Å². The van der Waals surface area contributed by atoms with Crippen molar-refractivity contribution in [3.8, 4) is 11.8 Å². The number of nitrogens with one attached hydrogen (secondary N) is 1. The van der Waals surface area contributed by atoms with Crippen molar-refractivity contribution >= 4 is 73.6 Å². The fraction of sp³-hybridized carbons (Fsp3) is 0.0370. The summed E-state index contributed by atoms with van der Waals surface area (Å²) < 4.78 is 7.85. The molecule has 0 unspecified atom stereocenters. The van der Waals surface area contributed by atoms with Gasteiger partial charge in [-0.05, 0) is 86.0 Å². The third-order valence-corrected chi connectivity index (χ3v) is 6.56. The van der Waals surface area contributed by atoms with Crippen LogP contribution in [0.5, 0.6) is 5.75 Å². The minimum atomic E-state index is -0.441. The molecule has 0 aliphatic heterocycles. The first-order valence-corrected chi connectivity index (χ1v) is 12.3. The summed E-state index contributed by atoms with van der Waals surface area (Å²) in [5.41, 5.74) is 2.56. The molecule has 4 aromatic carbocycles. The Hall–Kier alpha value is -2.90. The maximum absolute atomic E-state index is 12.9. The number of fused-ring (bicyclic) bond motifs is 1. The van der Waals surface area contributed by atoms with Gasteiger partial charge in [0.2, 0.25) is 0 Å². The zero-order valence-corrected chi connectivity index (χ0v) is 21.7. The van der Waals surface area contributed by atoms with E-state index in [4.69, 9.17) is 4.74 Å². The normalized spacial score (nSPS) is 11.1. The highest BCUT2D eigenvalue weighted by molar-refractivity contribution is 14.1. The molecule has 0 aromatic heterocycles. The zero-order valence-electron chi connectivity index (χ0n) is 17.4. The second-order valence-corrected chi connectivity index (χ2v) is 9.56. The summed E-state index contributed by atoms with van der Waals surface area (Å²) in [7, 11) is 0. The monoisotopic (exact) mass is 656 g/mol. The van der Waals surface area contributed by atoms with Crippen molar-refractivity contribution in [2.24, 2.45) is 0 Å². The Morgan fingerprint density at radius 3 is 2.33 bits per heavy atom. The highest BCUT2D eigenvalue weighted by Crippen LogP contribution is 2.31. The van der Waals surface area contributed by atoms with E-state index < -0.39 is 5.91 Å². The van der Waals surface area contributed by atoms with Crippen LogP contribution in [0.3, 0.4) is 0 Å². The molecule has 4 aromatic rings. The molecule has 0 spiro atoms. The summed E-state index contributed by atoms with van der Waals surface area (Å²) in [4.78, 5) is 12.9. The fourth-order valence-corrected chi connectivity index (χ4v) is 5.50. The van der Waals surface area contributed by atoms with Crippen LogP contribution >= 0.6 is 45.2 Å². The number of nitriles is 1. The van der Waals surface area contributed by atoms with E-state index in [1.807, 2.05) is 91.0 Å². The average molecular weight is 656 g/mol. The second kappa shape index (κ2) is 10.8. The summed E-state index contributed by atoms with van der Waals surface area (Å²) >= 11 is 4.43. The van der Waals surface area contributed by atoms with Crippen molar-refractivity contribution in [2.45, 2.75) is 6.61 Å². The van der Waals surface area contributed by atoms with Crippen molar-refractivity contribution in [1.82, 2.24) is 0 Å². The first kappa shape index (κ1) is 23.3. The van der Waals surface area contributed by atoms with Crippen LogP contribution < -0.4 is 10.1 Å². The van der Waals surface area contributed by atoms with Gasteiger partial charge in [-0.2, -0.15) is 5.26 Å². The number of hydrogen-bond donors (Lipinski definition) is 1. The maximum Gasteiger partial charge on any atom is 0.266 e. The molecule has 0 heterocycles. The fourth-order valence-electron chi connectivity index (χ4n) is 3.37. The number of nitrogens with zero attached hydrogens (tertiary/aromatic N) is 1. The summed E-state index contributed by atoms with van der Waals surface area (Å²) in [6.45, 7) is 0.471. The van der Waals surface area contributed by atoms with E-state index >= 15 is 0 Å². The molecule has 4 rings (SSSR count). The van der Waals surface area contributed by atoms with E-state index in [1.54, 1.807) is 6.08 Å². The highest BCUT2D eigenvalue weighted by Gasteiger charge is 2.14. The minimum Gasteiger partial charge on any atom is -0.487 e. The van der Waals surface area contributed by atoms with Gasteiger partial charge in [0, 0.05) is 11.1 Å². The number of anilines is 1. The third kappa shape index (κ3) is 5.72. The number of ether oxygens (including phenoxy) is 1. The lowest BCUT2D eigenvalue weighted by Gasteiger charge is -2.12. The van der Waals surface area contributed by atoms with Crippen molar-refractivity contribution in [2.75, 3.05) is 5.32 Å². The number of halogens is 2. The van der Waals surface area contributed by atoms with Gasteiger partial charge in [-0.1, -0.05) is 66.7 Å². The molecule has 1 N–H and O–H groups in total. The summed E-state index contributed by atoms with van der Waals surface area (Å²) in [5, 5.41) is 14.5. The Labute approximate surface area is 219 Å². The van der Waals surface area contributed by atoms with Gasteiger partial charge in [-0.3, -0.25) is 4.79 Å². The Bertz CT molecular complexity index is 1360. The molecule has 0 fully saturated rings. The molecular weight excluding hydrogens is 638 g/mol. The van der Waals surface area contributed by atoms with Crippen LogP contribution in [-0.4, -0.2) is 5.91 Å². The topological polar surface area (TPSA) is 62.1 Å². The smallest absolute Gasteiger partial charge is 0.266 e. The van der Waals surface area contributed by atoms with Crippen molar-refractivity contribution in [3.05, 3.63) is 109 Å². The minimum absolute atomic E-state index is 0.0347. The predicted molar refractivity (Wildman–Crippen MR) is 149 cm³/mol. The Balaban J connectivity index is 1.55. The Morgan fingerprint density at radius 1 is 0.939 bits per heavy atom. The summed E-state index contributed by atoms with van der Waals surface area (Å²) in [6.07, 6.45) is 1.60. The van der Waals surface area contributed by atoms with Gasteiger partial charge in [-0.25, -0.2) is 0 Å². The number of hydrogen-bond acceptors (Lipinski definition) is 3. The van der Waals surface area contributed by atoms with Crippen LogP contribution in [0.2, 0.25) is 0 Å². The van der Waals surface area contributed by atoms with Crippen LogP contribution in [0.25, 0.3) is 16.8 Å². The standard InChI is InChI=1S/C27H18I2N2O2/c28-23-14-19(15-24(29)26(23)33-17-18-7-2-1-3-8-18)13-21(16-30)27(32)31-25-12-6-10-20-9-4-5-11-22(20)25/h1-15H,17H2,(H,31,32)/b21-13+. The van der Waals surface area contributed by atoms with Gasteiger partial charge >= 0.3 is 0 Å². The lowest BCUT2D eigenvalue weighted by atomic mass is 10.1. The van der Waals surface area contributed by atoms with Crippen LogP contribution in [0.1, 0.15) is 11.1 Å². The molecule has 4 nitrogen and oxygen atoms in total. The summed E-state index contributed by atoms with van der Waals surface area (Å²) in [5.74, 6) is 0.346. The number of benzene rings is 4. The van der Waals surface area contributed by atoms with Crippen LogP contribution in [-0.2, 0) is 11.4 Å². The van der Waals surface area contributed by atoms with E-state index in [1.165, 1.54) is 0 Å². The van der Waals surface area contributed by atoms with Gasteiger partial charge in [0.1, 0.15) is 24.0 Å². The predicted octanol–water partition coefficient (Wildman–Crippen LogP) is 7.17. The van der Waals surface area contributed by atoms with Gasteiger partial charge in [0.15, 0.2) is 0 Å². The first-order chi connectivity index (χ1) is 16.0. The van der Waals surface area contributed by atoms with Crippen molar-refractivity contribution < 1.29 is 9.53 Å². The zero-order chi connectivity index (χ0) is 23.2. The van der Waals surface area contributed by atoms with E-state index in [0.29, 0.717) is 12.3 Å². The maximum atomic E-state index is 12.9. The van der Waals surface area contributed by atoms with Crippen LogP contribution in [0.4, 0.5) is 5.69 Å². The third-order valence-electron chi connectivity index (χ3n) is 4.96. The van der Waals surface area contributed by atoms with Gasteiger partial charge in [-0.15, -0.1) is 0 Å². The second-order valence-electron chi connectivity index (χ2n) is 7.24. The molecule has 0 aliphatic rings. The number of rotatable bonds is 6. The molecule has 0 saturated carbocycles. The first-order valence-electron chi connectivity index (χ1n) is 10.1. The van der Waals surface area contributed by atoms with Crippen LogP contribution in [0.15, 0.2) is 90.5 Å². The average Bonchev–Trinajstić information content (AvgIpc) is 2.83. The van der Waals surface area contributed by atoms with E-state index in [2.05, 4.69) is 50.5 Å². The largest absolute Gasteiger partial charge is 0.487 e. The van der Waals surface area contributed by atoms with Gasteiger partial charge < -0.3 is 10.1 Å². The molecule has 0 aliphatic carbocycles. The van der Waals surface area contributed by atoms with Gasteiger partial charge in [0.25, 0.3) is 5.91 Å². The molecular formula is C27H18I2N2O2. The number of carbonyl (C=O) groups excluding carboxylic acids is 1. The number of carbonyl (C=O) groups is 1. The highest BCUT2D eigenvalue weighted by atomic mass is 127. The lowest BCUT2D eigenvalue weighted by molar-refractivity contribution is -0.112. The Kier molecular flexibility index (Phi) is 7.62. The van der Waals surface area contributed by atoms with Crippen LogP contribution in [0, 0.1) is 18.5 Å². The molecule has 0 bridgehead atoms. The molecule has 0 saturated heterocycles. The van der Waals surface area contributed by atoms with E-state index in [9.17, 15) is 10.1 Å². The van der Waals surface area contributed by atoms with Crippen molar-refractivity contribution in [3.63, 3.8) is 0 Å². The molecule has 1 amide bonds. The molecule has 33 heavy (non-hydrogen) atoms. The number of amides is 1. The molecule has 6 heteroatoms. The SMILES string of the molecule is N#C/C(=C\c1cc(I)c(OCc2ccccc2)c(I)c1)C(=O)Nc1cccc2ccccc12. The van der Waals surface area contributed by atoms with E-state index in [-0.39, 0.29) is 5.57 Å². The van der Waals surface area contributed by atoms with E-state index in [0.717, 1.165) is 34.8 Å². The molecule has 0 atom stereocenters. The molecule has 162 valence electrons. The Morgan fingerprint density at radius 2 is 1.61 bits per heavy atom. The van der Waals surface area contributed by atoms with Crippen molar-refractivity contribution in [1.29, 1.82) is 5.26 Å². The summed E-state index contributed by atoms with van der Waals surface area (Å²) in [6, 6.07) is 29.3. The lowest BCUT2D eigenvalue weighted by Crippen LogP contribution is -2.13. The quantitative estimate of drug-likeness (QED) is 0.136. The molecule has 0 radical (unpaired) electrons.